The molecule has 0 spiro atoms. The van der Waals surface area contributed by atoms with Crippen LogP contribution in [0.3, 0.4) is 0 Å². The van der Waals surface area contributed by atoms with E-state index in [2.05, 4.69) is 0 Å². The van der Waals surface area contributed by atoms with Gasteiger partial charge in [0.2, 0.25) is 5.91 Å². The fourth-order valence-corrected chi connectivity index (χ4v) is 4.61. The normalized spacial score (nSPS) is 23.3. The van der Waals surface area contributed by atoms with Gasteiger partial charge in [0.15, 0.2) is 0 Å². The number of rotatable bonds is 4. The van der Waals surface area contributed by atoms with Gasteiger partial charge in [-0.1, -0.05) is 6.07 Å². The molecule has 18 heavy (non-hydrogen) atoms. The van der Waals surface area contributed by atoms with Gasteiger partial charge in [-0.25, -0.2) is 4.79 Å². The van der Waals surface area contributed by atoms with E-state index in [0.717, 1.165) is 4.21 Å². The molecule has 1 aromatic rings. The number of hydrogen-bond donors (Lipinski definition) is 1. The highest BCUT2D eigenvalue weighted by molar-refractivity contribution is 8.01. The molecule has 4 nitrogen and oxygen atoms in total. The highest BCUT2D eigenvalue weighted by atomic mass is 32.2. The minimum Gasteiger partial charge on any atom is -0.480 e. The first-order valence-corrected chi connectivity index (χ1v) is 8.33. The number of carbonyl (C=O) groups excluding carboxylic acids is 1. The lowest BCUT2D eigenvalue weighted by molar-refractivity contribution is -0.147. The van der Waals surface area contributed by atoms with Crippen LogP contribution < -0.4 is 0 Å². The molecule has 2 rings (SSSR count). The maximum Gasteiger partial charge on any atom is 0.327 e. The lowest BCUT2D eigenvalue weighted by Crippen LogP contribution is -2.45. The van der Waals surface area contributed by atoms with Crippen molar-refractivity contribution >= 4 is 46.7 Å². The molecular weight excluding hydrogens is 290 g/mol. The van der Waals surface area contributed by atoms with Gasteiger partial charge in [0, 0.05) is 5.75 Å². The summed E-state index contributed by atoms with van der Waals surface area (Å²) >= 11 is 4.56. The van der Waals surface area contributed by atoms with Crippen molar-refractivity contribution in [3.8, 4) is 0 Å². The zero-order valence-electron chi connectivity index (χ0n) is 9.74. The number of carboxylic acid groups (broad SMARTS) is 1. The van der Waals surface area contributed by atoms with Gasteiger partial charge in [-0.3, -0.25) is 4.79 Å². The molecule has 1 aliphatic heterocycles. The van der Waals surface area contributed by atoms with Crippen LogP contribution in [0.4, 0.5) is 0 Å². The first-order chi connectivity index (χ1) is 8.59. The average Bonchev–Trinajstić information content (AvgIpc) is 2.94. The van der Waals surface area contributed by atoms with E-state index in [1.54, 1.807) is 11.3 Å². The highest BCUT2D eigenvalue weighted by Gasteiger charge is 2.39. The molecule has 1 aromatic heterocycles. The maximum absolute atomic E-state index is 12.1. The van der Waals surface area contributed by atoms with E-state index >= 15 is 0 Å². The van der Waals surface area contributed by atoms with E-state index in [1.165, 1.54) is 28.4 Å². The van der Waals surface area contributed by atoms with Crippen molar-refractivity contribution in [2.75, 3.05) is 11.5 Å². The Labute approximate surface area is 118 Å². The van der Waals surface area contributed by atoms with Gasteiger partial charge in [0.05, 0.1) is 15.3 Å². The van der Waals surface area contributed by atoms with E-state index < -0.39 is 12.0 Å². The van der Waals surface area contributed by atoms with Crippen molar-refractivity contribution in [1.82, 2.24) is 4.90 Å². The molecule has 2 unspecified atom stereocenters. The van der Waals surface area contributed by atoms with E-state index in [-0.39, 0.29) is 11.3 Å². The lowest BCUT2D eigenvalue weighted by atomic mass is 10.3. The molecule has 0 saturated carbocycles. The van der Waals surface area contributed by atoms with Crippen molar-refractivity contribution in [3.05, 3.63) is 17.5 Å². The quantitative estimate of drug-likeness (QED) is 0.864. The van der Waals surface area contributed by atoms with Crippen LogP contribution in [0.25, 0.3) is 0 Å². The summed E-state index contributed by atoms with van der Waals surface area (Å²) in [6.45, 7) is 1.88. The largest absolute Gasteiger partial charge is 0.480 e. The summed E-state index contributed by atoms with van der Waals surface area (Å²) in [7, 11) is 0. The van der Waals surface area contributed by atoms with Crippen LogP contribution in [-0.2, 0) is 9.59 Å². The molecule has 1 amide bonds. The Morgan fingerprint density at radius 3 is 3.00 bits per heavy atom. The van der Waals surface area contributed by atoms with E-state index in [9.17, 15) is 9.59 Å². The summed E-state index contributed by atoms with van der Waals surface area (Å²) in [5, 5.41) is 11.0. The zero-order valence-corrected chi connectivity index (χ0v) is 12.2. The van der Waals surface area contributed by atoms with Gasteiger partial charge in [-0.2, -0.15) is 0 Å². The number of thiophene rings is 1. The van der Waals surface area contributed by atoms with Crippen molar-refractivity contribution in [3.63, 3.8) is 0 Å². The predicted octanol–water partition coefficient (Wildman–Crippen LogP) is 2.21. The second-order valence-corrected chi connectivity index (χ2v) is 7.38. The van der Waals surface area contributed by atoms with Gasteiger partial charge in [-0.05, 0) is 18.4 Å². The number of amides is 1. The fraction of sp³-hybridized carbons (Fsp3) is 0.455. The first-order valence-electron chi connectivity index (χ1n) is 5.41. The fourth-order valence-electron chi connectivity index (χ4n) is 1.76. The zero-order chi connectivity index (χ0) is 13.1. The Hall–Kier alpha value is -0.660. The van der Waals surface area contributed by atoms with Crippen LogP contribution in [0.1, 0.15) is 6.92 Å². The van der Waals surface area contributed by atoms with Gasteiger partial charge in [-0.15, -0.1) is 34.9 Å². The highest BCUT2D eigenvalue weighted by Crippen LogP contribution is 2.31. The van der Waals surface area contributed by atoms with Crippen molar-refractivity contribution in [2.45, 2.75) is 22.5 Å². The Bertz CT molecular complexity index is 435. The number of carbonyl (C=O) groups is 2. The molecule has 0 aliphatic carbocycles. The number of carboxylic acids is 1. The molecule has 7 heteroatoms. The van der Waals surface area contributed by atoms with Crippen LogP contribution >= 0.6 is 34.9 Å². The average molecular weight is 303 g/mol. The third-order valence-electron chi connectivity index (χ3n) is 2.63. The minimum absolute atomic E-state index is 0.0532. The first kappa shape index (κ1) is 13.8. The SMILES string of the molecule is CC1SCC(C(=O)O)N1C(=O)CSc1cccs1. The number of nitrogens with zero attached hydrogens (tertiary/aromatic N) is 1. The third-order valence-corrected chi connectivity index (χ3v) is 5.96. The minimum atomic E-state index is -0.915. The number of hydrogen-bond acceptors (Lipinski definition) is 5. The standard InChI is InChI=1S/C11H13NO3S3/c1-7-12(8(5-17-7)11(14)15)9(13)6-18-10-3-2-4-16-10/h2-4,7-8H,5-6H2,1H3,(H,14,15). The Morgan fingerprint density at radius 2 is 2.39 bits per heavy atom. The molecular formula is C11H13NO3S3. The van der Waals surface area contributed by atoms with E-state index in [4.69, 9.17) is 5.11 Å². The van der Waals surface area contributed by atoms with E-state index in [0.29, 0.717) is 11.5 Å². The van der Waals surface area contributed by atoms with E-state index in [1.807, 2.05) is 24.4 Å². The molecule has 0 radical (unpaired) electrons. The Kier molecular flexibility index (Phi) is 4.58. The molecule has 0 bridgehead atoms. The smallest absolute Gasteiger partial charge is 0.327 e. The molecule has 0 aromatic carbocycles. The van der Waals surface area contributed by atoms with Gasteiger partial charge >= 0.3 is 5.97 Å². The summed E-state index contributed by atoms with van der Waals surface area (Å²) in [5.74, 6) is -0.235. The maximum atomic E-state index is 12.1. The van der Waals surface area contributed by atoms with Crippen molar-refractivity contribution in [2.24, 2.45) is 0 Å². The summed E-state index contributed by atoms with van der Waals surface area (Å²) in [4.78, 5) is 24.7. The molecule has 1 aliphatic rings. The van der Waals surface area contributed by atoms with Crippen LogP contribution in [0.5, 0.6) is 0 Å². The molecule has 1 saturated heterocycles. The Morgan fingerprint density at radius 1 is 1.61 bits per heavy atom. The van der Waals surface area contributed by atoms with Crippen molar-refractivity contribution in [1.29, 1.82) is 0 Å². The van der Waals surface area contributed by atoms with Gasteiger partial charge in [0.25, 0.3) is 0 Å². The van der Waals surface area contributed by atoms with Gasteiger partial charge in [0.1, 0.15) is 6.04 Å². The van der Waals surface area contributed by atoms with Crippen LogP contribution in [0, 0.1) is 0 Å². The topological polar surface area (TPSA) is 57.6 Å². The molecule has 1 fully saturated rings. The van der Waals surface area contributed by atoms with Crippen LogP contribution in [-0.4, -0.2) is 44.8 Å². The Balaban J connectivity index is 1.96. The lowest BCUT2D eigenvalue weighted by Gasteiger charge is -2.24. The second-order valence-electron chi connectivity index (χ2n) is 3.81. The van der Waals surface area contributed by atoms with Crippen molar-refractivity contribution < 1.29 is 14.7 Å². The van der Waals surface area contributed by atoms with Crippen LogP contribution in [0.2, 0.25) is 0 Å². The van der Waals surface area contributed by atoms with Crippen LogP contribution in [0.15, 0.2) is 21.7 Å². The van der Waals surface area contributed by atoms with Gasteiger partial charge < -0.3 is 10.0 Å². The number of aliphatic carboxylic acids is 1. The summed E-state index contributed by atoms with van der Waals surface area (Å²) < 4.78 is 1.08. The predicted molar refractivity (Wildman–Crippen MR) is 75.2 cm³/mol. The molecule has 2 heterocycles. The summed E-state index contributed by atoms with van der Waals surface area (Å²) in [6.07, 6.45) is 0. The summed E-state index contributed by atoms with van der Waals surface area (Å²) in [6, 6.07) is 3.21. The molecule has 2 atom stereocenters. The third kappa shape index (κ3) is 3.02. The molecule has 98 valence electrons. The second kappa shape index (κ2) is 5.99. The number of thioether (sulfide) groups is 2. The molecule has 1 N–H and O–H groups in total. The monoisotopic (exact) mass is 303 g/mol. The summed E-state index contributed by atoms with van der Waals surface area (Å²) in [5.41, 5.74) is 0.